The quantitative estimate of drug-likeness (QED) is 0.457. The predicted octanol–water partition coefficient (Wildman–Crippen LogP) is 2.37. The van der Waals surface area contributed by atoms with E-state index in [9.17, 15) is 0 Å². The molecule has 0 aromatic heterocycles. The Morgan fingerprint density at radius 3 is 2.62 bits per heavy atom. The highest BCUT2D eigenvalue weighted by Crippen LogP contribution is 2.16. The van der Waals surface area contributed by atoms with Gasteiger partial charge in [0.25, 0.3) is 0 Å². The fraction of sp³-hybridized carbons (Fsp3) is 0.500. The summed E-state index contributed by atoms with van der Waals surface area (Å²) >= 11 is 5.83. The van der Waals surface area contributed by atoms with Crippen LogP contribution in [-0.2, 0) is 4.74 Å². The number of halogens is 2. The molecule has 2 rings (SSSR count). The van der Waals surface area contributed by atoms with Crippen LogP contribution in [-0.4, -0.2) is 49.8 Å². The first-order valence-corrected chi connectivity index (χ1v) is 7.08. The number of nitrogens with two attached hydrogens (primary N) is 1. The van der Waals surface area contributed by atoms with Crippen LogP contribution in [0.4, 0.5) is 0 Å². The van der Waals surface area contributed by atoms with Gasteiger partial charge in [-0.05, 0) is 31.2 Å². The molecule has 7 heteroatoms. The smallest absolute Gasteiger partial charge is 0.191 e. The summed E-state index contributed by atoms with van der Waals surface area (Å²) in [6.45, 7) is 5.47. The van der Waals surface area contributed by atoms with E-state index < -0.39 is 0 Å². The molecular formula is C14H21ClIN3O2. The molecule has 1 aliphatic heterocycles. The number of benzene rings is 1. The lowest BCUT2D eigenvalue weighted by molar-refractivity contribution is 0.0673. The molecule has 1 unspecified atom stereocenters. The molecule has 0 aliphatic carbocycles. The van der Waals surface area contributed by atoms with E-state index in [2.05, 4.69) is 4.99 Å². The Kier molecular flexibility index (Phi) is 8.13. The lowest BCUT2D eigenvalue weighted by Gasteiger charge is -2.27. The van der Waals surface area contributed by atoms with Crippen LogP contribution >= 0.6 is 35.6 Å². The predicted molar refractivity (Wildman–Crippen MR) is 95.8 cm³/mol. The SMILES string of the molecule is CC(CN=C(N)N1CCOCC1)Oc1ccc(Cl)cc1.I. The summed E-state index contributed by atoms with van der Waals surface area (Å²) in [6.07, 6.45) is -0.0456. The van der Waals surface area contributed by atoms with Gasteiger partial charge in [0, 0.05) is 18.1 Å². The van der Waals surface area contributed by atoms with Crippen LogP contribution in [0, 0.1) is 0 Å². The molecule has 1 fully saturated rings. The Morgan fingerprint density at radius 1 is 1.38 bits per heavy atom. The van der Waals surface area contributed by atoms with Gasteiger partial charge in [-0.1, -0.05) is 11.6 Å². The van der Waals surface area contributed by atoms with E-state index in [-0.39, 0.29) is 30.1 Å². The minimum atomic E-state index is -0.0456. The third-order valence-corrected chi connectivity index (χ3v) is 3.25. The standard InChI is InChI=1S/C14H20ClN3O2.HI/c1-11(20-13-4-2-12(15)3-5-13)10-17-14(16)18-6-8-19-9-7-18;/h2-5,11H,6-10H2,1H3,(H2,16,17);1H. The average Bonchev–Trinajstić information content (AvgIpc) is 2.48. The maximum atomic E-state index is 5.96. The van der Waals surface area contributed by atoms with Crippen LogP contribution in [0.1, 0.15) is 6.92 Å². The van der Waals surface area contributed by atoms with Gasteiger partial charge >= 0.3 is 0 Å². The average molecular weight is 426 g/mol. The fourth-order valence-corrected chi connectivity index (χ4v) is 2.02. The van der Waals surface area contributed by atoms with Crippen molar-refractivity contribution in [3.8, 4) is 5.75 Å². The van der Waals surface area contributed by atoms with Crippen LogP contribution in [0.5, 0.6) is 5.75 Å². The van der Waals surface area contributed by atoms with Crippen molar-refractivity contribution >= 4 is 41.5 Å². The third kappa shape index (κ3) is 6.27. The summed E-state index contributed by atoms with van der Waals surface area (Å²) in [7, 11) is 0. The van der Waals surface area contributed by atoms with Gasteiger partial charge in [-0.3, -0.25) is 0 Å². The van der Waals surface area contributed by atoms with E-state index in [1.54, 1.807) is 12.1 Å². The molecule has 21 heavy (non-hydrogen) atoms. The maximum Gasteiger partial charge on any atom is 0.191 e. The highest BCUT2D eigenvalue weighted by Gasteiger charge is 2.12. The topological polar surface area (TPSA) is 60.1 Å². The molecule has 118 valence electrons. The van der Waals surface area contributed by atoms with Crippen molar-refractivity contribution in [2.75, 3.05) is 32.8 Å². The normalized spacial score (nSPS) is 17.0. The molecule has 1 aliphatic rings. The van der Waals surface area contributed by atoms with E-state index in [0.29, 0.717) is 30.7 Å². The van der Waals surface area contributed by atoms with Gasteiger partial charge in [-0.25, -0.2) is 4.99 Å². The second-order valence-electron chi connectivity index (χ2n) is 4.68. The molecule has 1 heterocycles. The summed E-state index contributed by atoms with van der Waals surface area (Å²) in [5, 5.41) is 0.694. The highest BCUT2D eigenvalue weighted by atomic mass is 127. The number of nitrogens with zero attached hydrogens (tertiary/aromatic N) is 2. The molecule has 2 N–H and O–H groups in total. The van der Waals surface area contributed by atoms with Gasteiger partial charge in [-0.15, -0.1) is 24.0 Å². The number of hydrogen-bond acceptors (Lipinski definition) is 3. The van der Waals surface area contributed by atoms with Crippen LogP contribution in [0.25, 0.3) is 0 Å². The first kappa shape index (κ1) is 18.3. The molecular weight excluding hydrogens is 405 g/mol. The third-order valence-electron chi connectivity index (χ3n) is 3.00. The number of rotatable bonds is 4. The van der Waals surface area contributed by atoms with Gasteiger partial charge in [-0.2, -0.15) is 0 Å². The molecule has 0 amide bonds. The molecule has 1 aromatic rings. The Balaban J connectivity index is 0.00000220. The molecule has 0 bridgehead atoms. The van der Waals surface area contributed by atoms with E-state index in [1.807, 2.05) is 24.0 Å². The molecule has 0 saturated carbocycles. The minimum Gasteiger partial charge on any atom is -0.489 e. The number of ether oxygens (including phenoxy) is 2. The van der Waals surface area contributed by atoms with Crippen molar-refractivity contribution in [2.45, 2.75) is 13.0 Å². The summed E-state index contributed by atoms with van der Waals surface area (Å²) in [6, 6.07) is 7.28. The second-order valence-corrected chi connectivity index (χ2v) is 5.12. The molecule has 0 radical (unpaired) electrons. The fourth-order valence-electron chi connectivity index (χ4n) is 1.90. The zero-order valence-corrected chi connectivity index (χ0v) is 15.1. The lowest BCUT2D eigenvalue weighted by Crippen LogP contribution is -2.45. The lowest BCUT2D eigenvalue weighted by atomic mass is 10.3. The first-order chi connectivity index (χ1) is 9.65. The van der Waals surface area contributed by atoms with Gasteiger partial charge in [0.1, 0.15) is 11.9 Å². The van der Waals surface area contributed by atoms with Crippen molar-refractivity contribution in [2.24, 2.45) is 10.7 Å². The van der Waals surface area contributed by atoms with Crippen molar-refractivity contribution < 1.29 is 9.47 Å². The van der Waals surface area contributed by atoms with Gasteiger partial charge < -0.3 is 20.1 Å². The van der Waals surface area contributed by atoms with E-state index in [1.165, 1.54) is 0 Å². The zero-order chi connectivity index (χ0) is 14.4. The summed E-state index contributed by atoms with van der Waals surface area (Å²) < 4.78 is 11.0. The Morgan fingerprint density at radius 2 is 2.00 bits per heavy atom. The Labute approximate surface area is 147 Å². The van der Waals surface area contributed by atoms with Crippen LogP contribution in [0.15, 0.2) is 29.3 Å². The zero-order valence-electron chi connectivity index (χ0n) is 12.0. The van der Waals surface area contributed by atoms with E-state index >= 15 is 0 Å². The number of hydrogen-bond donors (Lipinski definition) is 1. The summed E-state index contributed by atoms with van der Waals surface area (Å²) in [5.74, 6) is 1.34. The number of guanidine groups is 1. The molecule has 5 nitrogen and oxygen atoms in total. The van der Waals surface area contributed by atoms with Crippen molar-refractivity contribution in [1.29, 1.82) is 0 Å². The Hall–Kier alpha value is -0.730. The maximum absolute atomic E-state index is 5.96. The minimum absolute atomic E-state index is 0. The van der Waals surface area contributed by atoms with Crippen LogP contribution in [0.2, 0.25) is 5.02 Å². The molecule has 0 spiro atoms. The van der Waals surface area contributed by atoms with Crippen molar-refractivity contribution in [3.63, 3.8) is 0 Å². The second kappa shape index (κ2) is 9.32. The molecule has 1 saturated heterocycles. The first-order valence-electron chi connectivity index (χ1n) is 6.70. The van der Waals surface area contributed by atoms with Gasteiger partial charge in [0.05, 0.1) is 19.8 Å². The van der Waals surface area contributed by atoms with E-state index in [4.69, 9.17) is 26.8 Å². The number of morpholine rings is 1. The summed E-state index contributed by atoms with van der Waals surface area (Å²) in [4.78, 5) is 6.40. The molecule has 1 aromatic carbocycles. The van der Waals surface area contributed by atoms with Crippen molar-refractivity contribution in [1.82, 2.24) is 4.90 Å². The van der Waals surface area contributed by atoms with E-state index in [0.717, 1.165) is 18.8 Å². The molecule has 1 atom stereocenters. The van der Waals surface area contributed by atoms with Crippen LogP contribution in [0.3, 0.4) is 0 Å². The van der Waals surface area contributed by atoms with Crippen LogP contribution < -0.4 is 10.5 Å². The Bertz CT molecular complexity index is 450. The highest BCUT2D eigenvalue weighted by molar-refractivity contribution is 14.0. The van der Waals surface area contributed by atoms with Gasteiger partial charge in [0.15, 0.2) is 5.96 Å². The van der Waals surface area contributed by atoms with Gasteiger partial charge in [0.2, 0.25) is 0 Å². The monoisotopic (exact) mass is 425 g/mol. The van der Waals surface area contributed by atoms with Crippen molar-refractivity contribution in [3.05, 3.63) is 29.3 Å². The summed E-state index contributed by atoms with van der Waals surface area (Å²) in [5.41, 5.74) is 5.96. The largest absolute Gasteiger partial charge is 0.489 e. The number of aliphatic imine (C=N–C) groups is 1.